The van der Waals surface area contributed by atoms with Crippen LogP contribution in [0.25, 0.3) is 10.9 Å². The average Bonchev–Trinajstić information content (AvgIpc) is 2.38. The van der Waals surface area contributed by atoms with Gasteiger partial charge in [-0.25, -0.2) is 4.79 Å². The molecule has 0 aliphatic heterocycles. The third-order valence-electron chi connectivity index (χ3n) is 2.62. The van der Waals surface area contributed by atoms with Crippen LogP contribution in [0.3, 0.4) is 0 Å². The summed E-state index contributed by atoms with van der Waals surface area (Å²) in [4.78, 5) is 11.9. The second-order valence-corrected chi connectivity index (χ2v) is 3.76. The lowest BCUT2D eigenvalue weighted by Gasteiger charge is -2.08. The first kappa shape index (κ1) is 12.3. The molecule has 1 heterocycles. The lowest BCUT2D eigenvalue weighted by Crippen LogP contribution is -2.09. The van der Waals surface area contributed by atoms with Crippen molar-refractivity contribution in [3.8, 4) is 5.75 Å². The summed E-state index contributed by atoms with van der Waals surface area (Å²) in [6.07, 6.45) is 0. The van der Waals surface area contributed by atoms with Gasteiger partial charge < -0.3 is 9.47 Å². The van der Waals surface area contributed by atoms with E-state index in [1.54, 1.807) is 39.2 Å². The molecular formula is C13H14N2O3. The molecule has 0 saturated carbocycles. The Hall–Kier alpha value is -2.17. The quantitative estimate of drug-likeness (QED) is 0.776. The van der Waals surface area contributed by atoms with Crippen molar-refractivity contribution in [3.63, 3.8) is 0 Å². The topological polar surface area (TPSA) is 61.3 Å². The number of methoxy groups -OCH3 is 1. The van der Waals surface area contributed by atoms with Crippen LogP contribution in [0, 0.1) is 6.92 Å². The van der Waals surface area contributed by atoms with Gasteiger partial charge in [0.1, 0.15) is 5.75 Å². The van der Waals surface area contributed by atoms with Gasteiger partial charge in [-0.05, 0) is 32.0 Å². The molecule has 0 saturated heterocycles. The Morgan fingerprint density at radius 2 is 2.11 bits per heavy atom. The number of aryl methyl sites for hydroxylation is 1. The molecule has 0 bridgehead atoms. The molecule has 2 aromatic rings. The van der Waals surface area contributed by atoms with Gasteiger partial charge in [0.25, 0.3) is 0 Å². The zero-order chi connectivity index (χ0) is 13.1. The van der Waals surface area contributed by atoms with E-state index in [1.165, 1.54) is 0 Å². The van der Waals surface area contributed by atoms with Gasteiger partial charge in [-0.2, -0.15) is 10.2 Å². The van der Waals surface area contributed by atoms with E-state index in [4.69, 9.17) is 9.47 Å². The Bertz CT molecular complexity index is 596. The van der Waals surface area contributed by atoms with Gasteiger partial charge in [0.05, 0.1) is 30.5 Å². The first-order valence-electron chi connectivity index (χ1n) is 5.65. The number of ether oxygens (including phenoxy) is 2. The predicted molar refractivity (Wildman–Crippen MR) is 66.8 cm³/mol. The van der Waals surface area contributed by atoms with Crippen molar-refractivity contribution < 1.29 is 14.3 Å². The normalized spacial score (nSPS) is 10.4. The van der Waals surface area contributed by atoms with Crippen LogP contribution in [0.2, 0.25) is 0 Å². The van der Waals surface area contributed by atoms with Crippen molar-refractivity contribution in [1.29, 1.82) is 0 Å². The first-order valence-corrected chi connectivity index (χ1v) is 5.65. The van der Waals surface area contributed by atoms with Gasteiger partial charge in [0.15, 0.2) is 0 Å². The van der Waals surface area contributed by atoms with Crippen LogP contribution in [-0.2, 0) is 4.74 Å². The van der Waals surface area contributed by atoms with Crippen LogP contribution >= 0.6 is 0 Å². The van der Waals surface area contributed by atoms with Gasteiger partial charge in [0, 0.05) is 5.39 Å². The SMILES string of the molecule is CCOC(=O)c1c(C)nnc2ccc(OC)cc12. The summed E-state index contributed by atoms with van der Waals surface area (Å²) >= 11 is 0. The van der Waals surface area contributed by atoms with Crippen LogP contribution in [0.1, 0.15) is 23.0 Å². The minimum Gasteiger partial charge on any atom is -0.497 e. The highest BCUT2D eigenvalue weighted by Crippen LogP contribution is 2.24. The molecule has 0 spiro atoms. The van der Waals surface area contributed by atoms with E-state index in [2.05, 4.69) is 10.2 Å². The fraction of sp³-hybridized carbons (Fsp3) is 0.308. The summed E-state index contributed by atoms with van der Waals surface area (Å²) in [5, 5.41) is 8.72. The summed E-state index contributed by atoms with van der Waals surface area (Å²) < 4.78 is 10.2. The molecule has 0 N–H and O–H groups in total. The van der Waals surface area contributed by atoms with Gasteiger partial charge in [-0.3, -0.25) is 0 Å². The number of esters is 1. The highest BCUT2D eigenvalue weighted by molar-refractivity contribution is 6.04. The number of hydrogen-bond acceptors (Lipinski definition) is 5. The van der Waals surface area contributed by atoms with Gasteiger partial charge in [-0.15, -0.1) is 0 Å². The maximum atomic E-state index is 11.9. The van der Waals surface area contributed by atoms with E-state index < -0.39 is 0 Å². The van der Waals surface area contributed by atoms with Crippen LogP contribution in [0.5, 0.6) is 5.75 Å². The Balaban J connectivity index is 2.67. The Morgan fingerprint density at radius 3 is 2.78 bits per heavy atom. The third-order valence-corrected chi connectivity index (χ3v) is 2.62. The molecule has 0 unspecified atom stereocenters. The van der Waals surface area contributed by atoms with Gasteiger partial charge in [0.2, 0.25) is 0 Å². The molecule has 1 aromatic heterocycles. The van der Waals surface area contributed by atoms with Crippen LogP contribution < -0.4 is 4.74 Å². The maximum Gasteiger partial charge on any atom is 0.340 e. The predicted octanol–water partition coefficient (Wildman–Crippen LogP) is 2.12. The number of carbonyl (C=O) groups excluding carboxylic acids is 1. The molecule has 18 heavy (non-hydrogen) atoms. The van der Waals surface area contributed by atoms with Crippen molar-refractivity contribution in [2.24, 2.45) is 0 Å². The van der Waals surface area contributed by atoms with Crippen molar-refractivity contribution in [2.45, 2.75) is 13.8 Å². The van der Waals surface area contributed by atoms with Crippen molar-refractivity contribution in [1.82, 2.24) is 10.2 Å². The fourth-order valence-electron chi connectivity index (χ4n) is 1.76. The number of hydrogen-bond donors (Lipinski definition) is 0. The molecule has 0 amide bonds. The molecule has 94 valence electrons. The van der Waals surface area contributed by atoms with Crippen LogP contribution in [-0.4, -0.2) is 29.9 Å². The number of rotatable bonds is 3. The Morgan fingerprint density at radius 1 is 1.33 bits per heavy atom. The highest BCUT2D eigenvalue weighted by Gasteiger charge is 2.17. The zero-order valence-electron chi connectivity index (χ0n) is 10.6. The molecule has 5 heteroatoms. The van der Waals surface area contributed by atoms with Gasteiger partial charge >= 0.3 is 5.97 Å². The summed E-state index contributed by atoms with van der Waals surface area (Å²) in [5.41, 5.74) is 1.64. The van der Waals surface area contributed by atoms with Crippen molar-refractivity contribution >= 4 is 16.9 Å². The summed E-state index contributed by atoms with van der Waals surface area (Å²) in [7, 11) is 1.58. The molecule has 0 aliphatic carbocycles. The van der Waals surface area contributed by atoms with Crippen molar-refractivity contribution in [2.75, 3.05) is 13.7 Å². The highest BCUT2D eigenvalue weighted by atomic mass is 16.5. The molecular weight excluding hydrogens is 232 g/mol. The number of carbonyl (C=O) groups is 1. The first-order chi connectivity index (χ1) is 8.67. The third kappa shape index (κ3) is 2.11. The van der Waals surface area contributed by atoms with Gasteiger partial charge in [-0.1, -0.05) is 0 Å². The molecule has 0 radical (unpaired) electrons. The second kappa shape index (κ2) is 5.00. The van der Waals surface area contributed by atoms with Crippen LogP contribution in [0.4, 0.5) is 0 Å². The average molecular weight is 246 g/mol. The molecule has 1 aromatic carbocycles. The zero-order valence-corrected chi connectivity index (χ0v) is 10.6. The number of fused-ring (bicyclic) bond motifs is 1. The summed E-state index contributed by atoms with van der Waals surface area (Å²) in [5.74, 6) is 0.281. The Kier molecular flexibility index (Phi) is 3.41. The standard InChI is InChI=1S/C13H14N2O3/c1-4-18-13(16)12-8(2)14-15-11-6-5-9(17-3)7-10(11)12/h5-7H,4H2,1-3H3. The maximum absolute atomic E-state index is 11.9. The number of benzene rings is 1. The van der Waals surface area contributed by atoms with Crippen molar-refractivity contribution in [3.05, 3.63) is 29.5 Å². The van der Waals surface area contributed by atoms with E-state index in [1.807, 2.05) is 0 Å². The summed E-state index contributed by atoms with van der Waals surface area (Å²) in [6.45, 7) is 3.83. The van der Waals surface area contributed by atoms with E-state index in [9.17, 15) is 4.79 Å². The summed E-state index contributed by atoms with van der Waals surface area (Å²) in [6, 6.07) is 5.31. The fourth-order valence-corrected chi connectivity index (χ4v) is 1.76. The van der Waals surface area contributed by atoms with E-state index >= 15 is 0 Å². The minimum absolute atomic E-state index is 0.325. The molecule has 0 fully saturated rings. The van der Waals surface area contributed by atoms with E-state index in [-0.39, 0.29) is 5.97 Å². The monoisotopic (exact) mass is 246 g/mol. The largest absolute Gasteiger partial charge is 0.497 e. The second-order valence-electron chi connectivity index (χ2n) is 3.76. The van der Waals surface area contributed by atoms with Crippen LogP contribution in [0.15, 0.2) is 18.2 Å². The lowest BCUT2D eigenvalue weighted by molar-refractivity contribution is 0.0527. The number of nitrogens with zero attached hydrogens (tertiary/aromatic N) is 2. The number of aromatic nitrogens is 2. The van der Waals surface area contributed by atoms with E-state index in [0.717, 1.165) is 0 Å². The Labute approximate surface area is 105 Å². The lowest BCUT2D eigenvalue weighted by atomic mass is 10.1. The smallest absolute Gasteiger partial charge is 0.340 e. The minimum atomic E-state index is -0.386. The molecule has 2 rings (SSSR count). The van der Waals surface area contributed by atoms with E-state index in [0.29, 0.717) is 34.5 Å². The molecule has 0 aliphatic rings. The molecule has 0 atom stereocenters. The molecule has 5 nitrogen and oxygen atoms in total.